The first-order valence-electron chi connectivity index (χ1n) is 7.13. The van der Waals surface area contributed by atoms with Gasteiger partial charge < -0.3 is 9.72 Å². The molecule has 0 radical (unpaired) electrons. The smallest absolute Gasteiger partial charge is 0.198 e. The molecule has 0 amide bonds. The van der Waals surface area contributed by atoms with Crippen molar-refractivity contribution in [2.45, 2.75) is 20.3 Å². The highest BCUT2D eigenvalue weighted by atomic mass is 16.5. The van der Waals surface area contributed by atoms with E-state index in [-0.39, 0.29) is 5.43 Å². The summed E-state index contributed by atoms with van der Waals surface area (Å²) in [6.45, 7) is 4.01. The van der Waals surface area contributed by atoms with Crippen molar-refractivity contribution in [2.75, 3.05) is 7.11 Å². The Kier molecular flexibility index (Phi) is 5.31. The average molecular weight is 296 g/mol. The van der Waals surface area contributed by atoms with E-state index < -0.39 is 0 Å². The van der Waals surface area contributed by atoms with Crippen LogP contribution < -0.4 is 10.2 Å². The van der Waals surface area contributed by atoms with E-state index in [0.29, 0.717) is 23.6 Å². The molecular weight excluding hydrogens is 276 g/mol. The summed E-state index contributed by atoms with van der Waals surface area (Å²) < 4.78 is 5.32. The van der Waals surface area contributed by atoms with E-state index in [1.54, 1.807) is 19.4 Å². The Labute approximate surface area is 130 Å². The molecule has 0 bridgehead atoms. The minimum atomic E-state index is -0.0335. The van der Waals surface area contributed by atoms with Crippen LogP contribution in [0.4, 0.5) is 0 Å². The van der Waals surface area contributed by atoms with Crippen molar-refractivity contribution in [3.8, 4) is 5.88 Å². The van der Waals surface area contributed by atoms with Crippen LogP contribution in [0.25, 0.3) is 12.2 Å². The van der Waals surface area contributed by atoms with Crippen LogP contribution in [0.5, 0.6) is 5.88 Å². The van der Waals surface area contributed by atoms with Crippen LogP contribution in [0.2, 0.25) is 0 Å². The third-order valence-corrected chi connectivity index (χ3v) is 3.16. The number of H-pyrrole nitrogens is 1. The topological polar surface area (TPSA) is 55.0 Å². The van der Waals surface area contributed by atoms with Crippen molar-refractivity contribution in [3.05, 3.63) is 69.3 Å². The zero-order chi connectivity index (χ0) is 15.9. The summed E-state index contributed by atoms with van der Waals surface area (Å²) in [6, 6.07) is 7.25. The Morgan fingerprint density at radius 2 is 2.14 bits per heavy atom. The van der Waals surface area contributed by atoms with Crippen molar-refractivity contribution in [1.29, 1.82) is 0 Å². The Bertz CT molecular complexity index is 739. The lowest BCUT2D eigenvalue weighted by Crippen LogP contribution is -2.12. The zero-order valence-electron chi connectivity index (χ0n) is 13.1. The molecule has 4 heteroatoms. The van der Waals surface area contributed by atoms with Gasteiger partial charge in [0.05, 0.1) is 18.4 Å². The monoisotopic (exact) mass is 296 g/mol. The number of ether oxygens (including phenoxy) is 1. The molecule has 2 aromatic rings. The lowest BCUT2D eigenvalue weighted by atomic mass is 10.1. The molecule has 0 aliphatic carbocycles. The molecule has 0 aromatic carbocycles. The summed E-state index contributed by atoms with van der Waals surface area (Å²) in [5.41, 5.74) is 3.29. The molecule has 4 nitrogen and oxygen atoms in total. The van der Waals surface area contributed by atoms with E-state index in [2.05, 4.69) is 9.97 Å². The Morgan fingerprint density at radius 3 is 2.77 bits per heavy atom. The Morgan fingerprint density at radius 1 is 1.32 bits per heavy atom. The van der Waals surface area contributed by atoms with Gasteiger partial charge in [-0.05, 0) is 44.6 Å². The third kappa shape index (κ3) is 4.19. The first-order valence-corrected chi connectivity index (χ1v) is 7.13. The first kappa shape index (κ1) is 15.8. The molecule has 2 aromatic heterocycles. The van der Waals surface area contributed by atoms with Crippen LogP contribution in [-0.4, -0.2) is 17.1 Å². The summed E-state index contributed by atoms with van der Waals surface area (Å²) >= 11 is 0. The minimum Gasteiger partial charge on any atom is -0.482 e. The lowest BCUT2D eigenvalue weighted by molar-refractivity contribution is 0.392. The highest BCUT2D eigenvalue weighted by Crippen LogP contribution is 2.15. The molecule has 0 unspecified atom stereocenters. The fourth-order valence-corrected chi connectivity index (χ4v) is 2.00. The number of hydrogen-bond donors (Lipinski definition) is 1. The van der Waals surface area contributed by atoms with Crippen molar-refractivity contribution < 1.29 is 4.74 Å². The van der Waals surface area contributed by atoms with Crippen molar-refractivity contribution >= 4 is 12.2 Å². The van der Waals surface area contributed by atoms with Gasteiger partial charge in [-0.2, -0.15) is 0 Å². The summed E-state index contributed by atoms with van der Waals surface area (Å²) in [5.74, 6) is 0.505. The molecule has 1 N–H and O–H groups in total. The zero-order valence-corrected chi connectivity index (χ0v) is 13.1. The maximum absolute atomic E-state index is 12.3. The number of aromatic nitrogens is 2. The fourth-order valence-electron chi connectivity index (χ4n) is 2.00. The Balaban J connectivity index is 2.32. The Hall–Kier alpha value is -2.62. The number of nitrogens with zero attached hydrogens (tertiary/aromatic N) is 1. The molecule has 0 atom stereocenters. The number of pyridine rings is 2. The van der Waals surface area contributed by atoms with Crippen LogP contribution in [0.1, 0.15) is 30.8 Å². The molecule has 0 aliphatic heterocycles. The minimum absolute atomic E-state index is 0.0335. The number of nitrogens with one attached hydrogen (secondary N) is 1. The molecule has 0 aliphatic rings. The van der Waals surface area contributed by atoms with E-state index in [1.807, 2.05) is 50.3 Å². The highest BCUT2D eigenvalue weighted by Gasteiger charge is 2.08. The SMILES string of the molecule is COc1[nH]c(/C=C/c2ccccn2)cc(=O)c1CC=C(C)C. The summed E-state index contributed by atoms with van der Waals surface area (Å²) in [6.07, 6.45) is 7.96. The predicted molar refractivity (Wildman–Crippen MR) is 89.9 cm³/mol. The van der Waals surface area contributed by atoms with Gasteiger partial charge in [0.2, 0.25) is 0 Å². The number of aromatic amines is 1. The van der Waals surface area contributed by atoms with Gasteiger partial charge in [-0.25, -0.2) is 0 Å². The van der Waals surface area contributed by atoms with Gasteiger partial charge in [0.1, 0.15) is 0 Å². The number of methoxy groups -OCH3 is 1. The number of rotatable bonds is 5. The van der Waals surface area contributed by atoms with E-state index in [0.717, 1.165) is 5.69 Å². The lowest BCUT2D eigenvalue weighted by Gasteiger charge is -2.07. The molecule has 114 valence electrons. The van der Waals surface area contributed by atoms with Crippen LogP contribution in [-0.2, 0) is 6.42 Å². The second kappa shape index (κ2) is 7.41. The van der Waals surface area contributed by atoms with Crippen molar-refractivity contribution in [1.82, 2.24) is 9.97 Å². The van der Waals surface area contributed by atoms with Gasteiger partial charge in [-0.1, -0.05) is 17.7 Å². The van der Waals surface area contributed by atoms with Crippen LogP contribution in [0.3, 0.4) is 0 Å². The second-order valence-electron chi connectivity index (χ2n) is 5.17. The normalized spacial score (nSPS) is 10.7. The summed E-state index contributed by atoms with van der Waals surface area (Å²) in [5, 5.41) is 0. The van der Waals surface area contributed by atoms with Crippen molar-refractivity contribution in [3.63, 3.8) is 0 Å². The maximum atomic E-state index is 12.3. The average Bonchev–Trinajstić information content (AvgIpc) is 2.52. The molecule has 2 rings (SSSR count). The van der Waals surface area contributed by atoms with Gasteiger partial charge in [0, 0.05) is 18.0 Å². The van der Waals surface area contributed by atoms with Gasteiger partial charge >= 0.3 is 0 Å². The highest BCUT2D eigenvalue weighted by molar-refractivity contribution is 5.66. The molecule has 0 saturated carbocycles. The van der Waals surface area contributed by atoms with Gasteiger partial charge in [-0.3, -0.25) is 9.78 Å². The van der Waals surface area contributed by atoms with Crippen molar-refractivity contribution in [2.24, 2.45) is 0 Å². The molecule has 0 spiro atoms. The van der Waals surface area contributed by atoms with Crippen LogP contribution >= 0.6 is 0 Å². The van der Waals surface area contributed by atoms with E-state index >= 15 is 0 Å². The predicted octanol–water partition coefficient (Wildman–Crippen LogP) is 3.46. The number of allylic oxidation sites excluding steroid dienone is 2. The summed E-state index contributed by atoms with van der Waals surface area (Å²) in [7, 11) is 1.56. The van der Waals surface area contributed by atoms with E-state index in [9.17, 15) is 4.79 Å². The molecule has 0 saturated heterocycles. The van der Waals surface area contributed by atoms with Gasteiger partial charge in [0.15, 0.2) is 11.3 Å². The molecule has 2 heterocycles. The fraction of sp³-hybridized carbons (Fsp3) is 0.222. The second-order valence-corrected chi connectivity index (χ2v) is 5.17. The molecule has 22 heavy (non-hydrogen) atoms. The molecular formula is C18H20N2O2. The van der Waals surface area contributed by atoms with E-state index in [4.69, 9.17) is 4.74 Å². The van der Waals surface area contributed by atoms with Gasteiger partial charge in [-0.15, -0.1) is 0 Å². The van der Waals surface area contributed by atoms with E-state index in [1.165, 1.54) is 5.57 Å². The summed E-state index contributed by atoms with van der Waals surface area (Å²) in [4.78, 5) is 19.6. The first-order chi connectivity index (χ1) is 10.6. The quantitative estimate of drug-likeness (QED) is 0.860. The molecule has 0 fully saturated rings. The maximum Gasteiger partial charge on any atom is 0.198 e. The third-order valence-electron chi connectivity index (χ3n) is 3.16. The standard InChI is InChI=1S/C18H20N2O2/c1-13(2)7-10-16-17(21)12-15(20-18(16)22-3)9-8-14-6-4-5-11-19-14/h4-9,11-12H,10H2,1-3H3,(H,20,21)/b9-8+. The van der Waals surface area contributed by atoms with Gasteiger partial charge in [0.25, 0.3) is 0 Å². The van der Waals surface area contributed by atoms with Crippen LogP contribution in [0, 0.1) is 0 Å². The van der Waals surface area contributed by atoms with Crippen LogP contribution in [0.15, 0.2) is 46.9 Å². The largest absolute Gasteiger partial charge is 0.482 e. The number of hydrogen-bond acceptors (Lipinski definition) is 3.